The number of pyridine rings is 1. The van der Waals surface area contributed by atoms with Crippen molar-refractivity contribution >= 4 is 28.7 Å². The van der Waals surface area contributed by atoms with E-state index in [4.69, 9.17) is 26.1 Å². The van der Waals surface area contributed by atoms with Crippen molar-refractivity contribution in [3.05, 3.63) is 87.6 Å². The number of likely N-dealkylation sites (tertiary alicyclic amines) is 1. The summed E-state index contributed by atoms with van der Waals surface area (Å²) in [6, 6.07) is 14.4. The molecular formula is C32H32ClFN4O4. The van der Waals surface area contributed by atoms with Crippen LogP contribution in [0, 0.1) is 5.82 Å². The molecule has 0 spiro atoms. The summed E-state index contributed by atoms with van der Waals surface area (Å²) in [5.74, 6) is 0.781. The minimum Gasteiger partial charge on any atom is -0.493 e. The number of aromatic nitrogens is 3. The fourth-order valence-corrected chi connectivity index (χ4v) is 6.72. The van der Waals surface area contributed by atoms with E-state index in [9.17, 15) is 14.3 Å². The molecule has 7 rings (SSSR count). The van der Waals surface area contributed by atoms with Crippen LogP contribution < -0.4 is 4.74 Å². The molecular weight excluding hydrogens is 559 g/mol. The van der Waals surface area contributed by atoms with Gasteiger partial charge in [0.1, 0.15) is 22.9 Å². The molecule has 10 heteroatoms. The highest BCUT2D eigenvalue weighted by atomic mass is 35.5. The first-order valence-electron chi connectivity index (χ1n) is 14.6. The number of halogens is 2. The van der Waals surface area contributed by atoms with Gasteiger partial charge in [-0.1, -0.05) is 29.8 Å². The van der Waals surface area contributed by atoms with Crippen molar-refractivity contribution in [2.45, 2.75) is 56.7 Å². The number of imidazole rings is 1. The Bertz CT molecular complexity index is 1650. The number of aromatic carboxylic acids is 1. The molecule has 2 saturated heterocycles. The van der Waals surface area contributed by atoms with Gasteiger partial charge in [-0.05, 0) is 91.7 Å². The predicted octanol–water partition coefficient (Wildman–Crippen LogP) is 5.81. The van der Waals surface area contributed by atoms with Gasteiger partial charge in [-0.2, -0.15) is 0 Å². The molecule has 42 heavy (non-hydrogen) atoms. The molecule has 3 aliphatic heterocycles. The summed E-state index contributed by atoms with van der Waals surface area (Å²) in [5.41, 5.74) is 4.44. The minimum absolute atomic E-state index is 0.0155. The number of carboxylic acid groups (broad SMARTS) is 1. The molecule has 0 amide bonds. The minimum atomic E-state index is -1.05. The van der Waals surface area contributed by atoms with Crippen LogP contribution in [0.5, 0.6) is 5.75 Å². The van der Waals surface area contributed by atoms with E-state index in [2.05, 4.69) is 22.0 Å². The molecule has 4 aromatic rings. The number of benzene rings is 2. The molecule has 0 unspecified atom stereocenters. The zero-order chi connectivity index (χ0) is 28.8. The van der Waals surface area contributed by atoms with E-state index in [0.29, 0.717) is 47.4 Å². The highest BCUT2D eigenvalue weighted by molar-refractivity contribution is 6.30. The Morgan fingerprint density at radius 3 is 2.62 bits per heavy atom. The van der Waals surface area contributed by atoms with Crippen molar-refractivity contribution in [2.24, 2.45) is 0 Å². The van der Waals surface area contributed by atoms with Gasteiger partial charge in [0, 0.05) is 17.5 Å². The monoisotopic (exact) mass is 590 g/mol. The maximum absolute atomic E-state index is 14.7. The largest absolute Gasteiger partial charge is 0.493 e. The Balaban J connectivity index is 1.07. The number of carbonyl (C=O) groups is 1. The van der Waals surface area contributed by atoms with E-state index in [0.717, 1.165) is 57.0 Å². The van der Waals surface area contributed by atoms with Gasteiger partial charge in [-0.3, -0.25) is 4.90 Å². The molecule has 2 fully saturated rings. The van der Waals surface area contributed by atoms with Gasteiger partial charge in [0.15, 0.2) is 11.3 Å². The Labute approximate surface area is 248 Å². The van der Waals surface area contributed by atoms with Gasteiger partial charge in [0.05, 0.1) is 25.8 Å². The summed E-state index contributed by atoms with van der Waals surface area (Å²) in [6.45, 7) is 4.28. The van der Waals surface area contributed by atoms with Crippen LogP contribution in [0.15, 0.2) is 48.5 Å². The number of carboxylic acids is 1. The van der Waals surface area contributed by atoms with Crippen molar-refractivity contribution < 1.29 is 23.8 Å². The average Bonchev–Trinajstić information content (AvgIpc) is 3.30. The maximum Gasteiger partial charge on any atom is 0.354 e. The second kappa shape index (κ2) is 11.3. The molecule has 3 aliphatic rings. The van der Waals surface area contributed by atoms with E-state index in [1.807, 2.05) is 10.6 Å². The molecule has 1 N–H and O–H groups in total. The average molecular weight is 591 g/mol. The van der Waals surface area contributed by atoms with E-state index >= 15 is 0 Å². The van der Waals surface area contributed by atoms with Crippen LogP contribution in [0.4, 0.5) is 4.39 Å². The van der Waals surface area contributed by atoms with Gasteiger partial charge in [-0.15, -0.1) is 0 Å². The van der Waals surface area contributed by atoms with E-state index in [1.165, 1.54) is 23.3 Å². The van der Waals surface area contributed by atoms with Crippen LogP contribution in [0.3, 0.4) is 0 Å². The third-order valence-corrected chi connectivity index (χ3v) is 9.16. The van der Waals surface area contributed by atoms with Crippen LogP contribution in [0.1, 0.15) is 64.1 Å². The molecule has 218 valence electrons. The number of hydrogen-bond donors (Lipinski definition) is 1. The molecule has 2 aromatic heterocycles. The summed E-state index contributed by atoms with van der Waals surface area (Å²) in [6.07, 6.45) is 3.79. The molecule has 0 bridgehead atoms. The van der Waals surface area contributed by atoms with E-state index in [-0.39, 0.29) is 23.5 Å². The lowest BCUT2D eigenvalue weighted by Crippen LogP contribution is -2.35. The second-order valence-electron chi connectivity index (χ2n) is 11.5. The summed E-state index contributed by atoms with van der Waals surface area (Å²) in [7, 11) is 0. The third-order valence-electron chi connectivity index (χ3n) is 8.92. The van der Waals surface area contributed by atoms with Gasteiger partial charge >= 0.3 is 5.97 Å². The number of ether oxygens (including phenoxy) is 2. The molecule has 5 heterocycles. The van der Waals surface area contributed by atoms with Crippen LogP contribution >= 0.6 is 11.6 Å². The van der Waals surface area contributed by atoms with Crippen molar-refractivity contribution in [2.75, 3.05) is 26.3 Å². The van der Waals surface area contributed by atoms with Crippen molar-refractivity contribution in [1.29, 1.82) is 0 Å². The van der Waals surface area contributed by atoms with Crippen molar-refractivity contribution in [3.63, 3.8) is 0 Å². The number of piperidine rings is 1. The second-order valence-corrected chi connectivity index (χ2v) is 12.0. The zero-order valence-corrected chi connectivity index (χ0v) is 23.9. The lowest BCUT2D eigenvalue weighted by molar-refractivity contribution is -0.0593. The molecule has 2 aromatic carbocycles. The first kappa shape index (κ1) is 27.3. The van der Waals surface area contributed by atoms with Crippen LogP contribution in [-0.4, -0.2) is 62.9 Å². The fraction of sp³-hybridized carbons (Fsp3) is 0.406. The predicted molar refractivity (Wildman–Crippen MR) is 156 cm³/mol. The Morgan fingerprint density at radius 2 is 1.88 bits per heavy atom. The maximum atomic E-state index is 14.7. The van der Waals surface area contributed by atoms with Gasteiger partial charge < -0.3 is 19.1 Å². The number of hydrogen-bond acceptors (Lipinski definition) is 6. The van der Waals surface area contributed by atoms with Gasteiger partial charge in [-0.25, -0.2) is 19.2 Å². The van der Waals surface area contributed by atoms with Crippen molar-refractivity contribution in [3.8, 4) is 5.75 Å². The smallest absolute Gasteiger partial charge is 0.354 e. The van der Waals surface area contributed by atoms with Crippen molar-refractivity contribution in [1.82, 2.24) is 19.4 Å². The summed E-state index contributed by atoms with van der Waals surface area (Å²) in [4.78, 5) is 23.3. The molecule has 0 saturated carbocycles. The quantitative estimate of drug-likeness (QED) is 0.290. The highest BCUT2D eigenvalue weighted by Crippen LogP contribution is 2.41. The van der Waals surface area contributed by atoms with E-state index in [1.54, 1.807) is 18.2 Å². The summed E-state index contributed by atoms with van der Waals surface area (Å²) < 4.78 is 28.6. The normalized spacial score (nSPS) is 21.1. The number of rotatable bonds is 7. The van der Waals surface area contributed by atoms with Gasteiger partial charge in [0.25, 0.3) is 0 Å². The van der Waals surface area contributed by atoms with Crippen LogP contribution in [0.25, 0.3) is 11.2 Å². The summed E-state index contributed by atoms with van der Waals surface area (Å²) >= 11 is 5.99. The molecule has 2 atom stereocenters. The molecule has 0 radical (unpaired) electrons. The Morgan fingerprint density at radius 1 is 1.05 bits per heavy atom. The standard InChI is InChI=1S/C32H32ClFN4O4/c33-21-4-5-24(26(34)15-21)20-14-25-23(2-1-3-29(25)42-18-20)19-8-11-37(12-9-19)17-30-35-27-6-7-28(32(39)40)36-31(27)38(30)16-22-10-13-41-22/h1-7,15,19-20,22H,8-14,16-18H2,(H,39,40)/t20-,22+/m1/s1. The van der Waals surface area contributed by atoms with Crippen LogP contribution in [-0.2, 0) is 24.2 Å². The SMILES string of the molecule is O=C(O)c1ccc2nc(CN3CCC(c4cccc5c4C[C@@H](c4ccc(Cl)cc4F)CO5)CC3)n(C[C@@H]3CCO3)c2n1. The first-order valence-corrected chi connectivity index (χ1v) is 14.9. The van der Waals surface area contributed by atoms with E-state index < -0.39 is 5.97 Å². The molecule has 8 nitrogen and oxygen atoms in total. The third kappa shape index (κ3) is 5.25. The number of nitrogens with zero attached hydrogens (tertiary/aromatic N) is 4. The lowest BCUT2D eigenvalue weighted by atomic mass is 9.81. The first-order chi connectivity index (χ1) is 20.4. The Kier molecular flexibility index (Phi) is 7.34. The molecule has 0 aliphatic carbocycles. The zero-order valence-electron chi connectivity index (χ0n) is 23.1. The Hall–Kier alpha value is -3.53. The topological polar surface area (TPSA) is 89.7 Å². The fourth-order valence-electron chi connectivity index (χ4n) is 6.56. The summed E-state index contributed by atoms with van der Waals surface area (Å²) in [5, 5.41) is 9.87. The number of fused-ring (bicyclic) bond motifs is 2. The lowest BCUT2D eigenvalue weighted by Gasteiger charge is -2.35. The highest BCUT2D eigenvalue weighted by Gasteiger charge is 2.30. The van der Waals surface area contributed by atoms with Crippen LogP contribution in [0.2, 0.25) is 5.02 Å². The van der Waals surface area contributed by atoms with Gasteiger partial charge in [0.2, 0.25) is 0 Å².